The number of nitrogens with zero attached hydrogens (tertiary/aromatic N) is 3. The van der Waals surface area contributed by atoms with Crippen LogP contribution in [0.5, 0.6) is 0 Å². The number of hydrogen-bond donors (Lipinski definition) is 2. The Hall–Kier alpha value is -3.89. The van der Waals surface area contributed by atoms with E-state index in [1.54, 1.807) is 0 Å². The Kier molecular flexibility index (Phi) is 6.50. The zero-order valence-electron chi connectivity index (χ0n) is 20.9. The van der Waals surface area contributed by atoms with Crippen molar-refractivity contribution in [1.29, 1.82) is 0 Å². The molecule has 0 saturated carbocycles. The molecular formula is C28H29N5O4S. The van der Waals surface area contributed by atoms with E-state index in [9.17, 15) is 13.2 Å². The van der Waals surface area contributed by atoms with E-state index in [4.69, 9.17) is 9.72 Å². The molecule has 0 radical (unpaired) electrons. The fraction of sp³-hybridized carbons (Fsp3) is 0.286. The molecule has 1 aromatic heterocycles. The third-order valence-corrected chi connectivity index (χ3v) is 8.70. The molecule has 38 heavy (non-hydrogen) atoms. The normalized spacial score (nSPS) is 17.5. The van der Waals surface area contributed by atoms with Gasteiger partial charge in [0.15, 0.2) is 9.84 Å². The Labute approximate surface area is 221 Å². The SMILES string of the molecule is O=C(Nc1ccc2nc(-c3ccc(N4CCS(=O)(=O)CC4)cc3)[nH]c2c1)c1ccc(N2CCOCC2)cc1. The molecule has 2 aliphatic rings. The first-order chi connectivity index (χ1) is 18.4. The standard InChI is InChI=1S/C28H29N5O4S/c34-28(21-3-8-23(9-4-21)32-11-15-37-16-12-32)29-22-5-10-25-26(19-22)31-27(30-25)20-1-6-24(7-2-20)33-13-17-38(35,36)18-14-33/h1-10,19H,11-18H2,(H,29,34)(H,30,31). The zero-order chi connectivity index (χ0) is 26.1. The molecule has 2 aliphatic heterocycles. The van der Waals surface area contributed by atoms with Crippen molar-refractivity contribution in [2.45, 2.75) is 0 Å². The molecule has 0 bridgehead atoms. The van der Waals surface area contributed by atoms with Crippen LogP contribution in [0.2, 0.25) is 0 Å². The fourth-order valence-corrected chi connectivity index (χ4v) is 6.07. The van der Waals surface area contributed by atoms with Gasteiger partial charge in [-0.05, 0) is 66.7 Å². The van der Waals surface area contributed by atoms with E-state index in [-0.39, 0.29) is 17.4 Å². The number of rotatable bonds is 5. The minimum atomic E-state index is -2.91. The van der Waals surface area contributed by atoms with Crippen LogP contribution in [-0.2, 0) is 14.6 Å². The summed E-state index contributed by atoms with van der Waals surface area (Å²) in [6.45, 7) is 4.17. The molecule has 10 heteroatoms. The van der Waals surface area contributed by atoms with Gasteiger partial charge in [0.2, 0.25) is 0 Å². The average Bonchev–Trinajstić information content (AvgIpc) is 3.37. The molecule has 4 aromatic rings. The van der Waals surface area contributed by atoms with Crippen LogP contribution < -0.4 is 15.1 Å². The second-order valence-electron chi connectivity index (χ2n) is 9.60. The number of benzene rings is 3. The van der Waals surface area contributed by atoms with Crippen LogP contribution in [0.3, 0.4) is 0 Å². The maximum atomic E-state index is 12.9. The summed E-state index contributed by atoms with van der Waals surface area (Å²) >= 11 is 0. The number of nitrogens with one attached hydrogen (secondary N) is 2. The summed E-state index contributed by atoms with van der Waals surface area (Å²) in [6.07, 6.45) is 0. The number of H-pyrrole nitrogens is 1. The molecule has 0 unspecified atom stereocenters. The van der Waals surface area contributed by atoms with Gasteiger partial charge in [-0.15, -0.1) is 0 Å². The van der Waals surface area contributed by atoms with E-state index < -0.39 is 9.84 Å². The number of morpholine rings is 1. The third-order valence-electron chi connectivity index (χ3n) is 7.10. The minimum absolute atomic E-state index is 0.168. The van der Waals surface area contributed by atoms with E-state index >= 15 is 0 Å². The lowest BCUT2D eigenvalue weighted by molar-refractivity contribution is 0.102. The first-order valence-electron chi connectivity index (χ1n) is 12.7. The zero-order valence-corrected chi connectivity index (χ0v) is 21.7. The van der Waals surface area contributed by atoms with Crippen molar-refractivity contribution in [3.8, 4) is 11.4 Å². The summed E-state index contributed by atoms with van der Waals surface area (Å²) in [5.41, 5.74) is 5.93. The second-order valence-corrected chi connectivity index (χ2v) is 11.9. The first kappa shape index (κ1) is 24.4. The molecule has 2 N–H and O–H groups in total. The van der Waals surface area contributed by atoms with Crippen molar-refractivity contribution in [1.82, 2.24) is 9.97 Å². The number of sulfone groups is 1. The summed E-state index contributed by atoms with van der Waals surface area (Å²) in [7, 11) is -2.91. The lowest BCUT2D eigenvalue weighted by Crippen LogP contribution is -2.40. The van der Waals surface area contributed by atoms with Gasteiger partial charge in [-0.2, -0.15) is 0 Å². The quantitative estimate of drug-likeness (QED) is 0.406. The molecule has 2 saturated heterocycles. The smallest absolute Gasteiger partial charge is 0.255 e. The van der Waals surface area contributed by atoms with Crippen molar-refractivity contribution in [2.24, 2.45) is 0 Å². The van der Waals surface area contributed by atoms with E-state index in [1.807, 2.05) is 66.7 Å². The molecule has 196 valence electrons. The maximum Gasteiger partial charge on any atom is 0.255 e. The van der Waals surface area contributed by atoms with Gasteiger partial charge in [-0.25, -0.2) is 13.4 Å². The number of carbonyl (C=O) groups excluding carboxylic acids is 1. The van der Waals surface area contributed by atoms with E-state index in [2.05, 4.69) is 20.1 Å². The number of fused-ring (bicyclic) bond motifs is 1. The third kappa shape index (κ3) is 5.23. The lowest BCUT2D eigenvalue weighted by Gasteiger charge is -2.28. The van der Waals surface area contributed by atoms with Gasteiger partial charge < -0.3 is 24.8 Å². The highest BCUT2D eigenvalue weighted by Gasteiger charge is 2.22. The molecule has 1 amide bonds. The van der Waals surface area contributed by atoms with Crippen LogP contribution in [0.15, 0.2) is 66.7 Å². The van der Waals surface area contributed by atoms with Crippen molar-refractivity contribution < 1.29 is 17.9 Å². The molecular weight excluding hydrogens is 502 g/mol. The number of imidazole rings is 1. The van der Waals surface area contributed by atoms with Crippen molar-refractivity contribution >= 4 is 43.8 Å². The lowest BCUT2D eigenvalue weighted by atomic mass is 10.1. The van der Waals surface area contributed by atoms with Crippen LogP contribution in [0, 0.1) is 0 Å². The van der Waals surface area contributed by atoms with Gasteiger partial charge in [-0.3, -0.25) is 4.79 Å². The van der Waals surface area contributed by atoms with E-state index in [0.717, 1.165) is 60.1 Å². The Bertz CT molecular complexity index is 1550. The van der Waals surface area contributed by atoms with Gasteiger partial charge in [0.05, 0.1) is 35.8 Å². The number of hydrogen-bond acceptors (Lipinski definition) is 7. The second kappa shape index (κ2) is 10.1. The van der Waals surface area contributed by atoms with Crippen molar-refractivity contribution in [3.63, 3.8) is 0 Å². The number of amides is 1. The predicted molar refractivity (Wildman–Crippen MR) is 150 cm³/mol. The fourth-order valence-electron chi connectivity index (χ4n) is 4.87. The van der Waals surface area contributed by atoms with Gasteiger partial charge in [0.25, 0.3) is 5.91 Å². The van der Waals surface area contributed by atoms with E-state index in [1.165, 1.54) is 0 Å². The van der Waals surface area contributed by atoms with Gasteiger partial charge in [0, 0.05) is 54.4 Å². The molecule has 2 fully saturated rings. The summed E-state index contributed by atoms with van der Waals surface area (Å²) in [5, 5.41) is 2.98. The Morgan fingerprint density at radius 2 is 1.47 bits per heavy atom. The number of ether oxygens (including phenoxy) is 1. The van der Waals surface area contributed by atoms with Gasteiger partial charge in [-0.1, -0.05) is 0 Å². The highest BCUT2D eigenvalue weighted by atomic mass is 32.2. The molecule has 0 aliphatic carbocycles. The van der Waals surface area contributed by atoms with Crippen molar-refractivity contribution in [2.75, 3.05) is 66.0 Å². The molecule has 6 rings (SSSR count). The summed E-state index contributed by atoms with van der Waals surface area (Å²) in [4.78, 5) is 25.2. The molecule has 0 atom stereocenters. The largest absolute Gasteiger partial charge is 0.378 e. The number of carbonyl (C=O) groups is 1. The Morgan fingerprint density at radius 3 is 2.16 bits per heavy atom. The first-order valence-corrected chi connectivity index (χ1v) is 14.6. The highest BCUT2D eigenvalue weighted by molar-refractivity contribution is 7.91. The summed E-state index contributed by atoms with van der Waals surface area (Å²) in [6, 6.07) is 21.2. The topological polar surface area (TPSA) is 108 Å². The Balaban J connectivity index is 1.13. The van der Waals surface area contributed by atoms with Crippen LogP contribution >= 0.6 is 0 Å². The summed E-state index contributed by atoms with van der Waals surface area (Å²) < 4.78 is 28.8. The maximum absolute atomic E-state index is 12.9. The molecule has 3 heterocycles. The molecule has 9 nitrogen and oxygen atoms in total. The molecule has 0 spiro atoms. The average molecular weight is 532 g/mol. The van der Waals surface area contributed by atoms with Gasteiger partial charge >= 0.3 is 0 Å². The predicted octanol–water partition coefficient (Wildman–Crippen LogP) is 3.55. The van der Waals surface area contributed by atoms with Crippen LogP contribution in [0.1, 0.15) is 10.4 Å². The number of aromatic nitrogens is 2. The minimum Gasteiger partial charge on any atom is -0.378 e. The number of aromatic amines is 1. The monoisotopic (exact) mass is 531 g/mol. The number of anilines is 3. The van der Waals surface area contributed by atoms with Crippen LogP contribution in [0.25, 0.3) is 22.4 Å². The van der Waals surface area contributed by atoms with Crippen LogP contribution in [-0.4, -0.2) is 75.2 Å². The van der Waals surface area contributed by atoms with E-state index in [0.29, 0.717) is 24.3 Å². The molecule has 3 aromatic carbocycles. The van der Waals surface area contributed by atoms with Crippen molar-refractivity contribution in [3.05, 3.63) is 72.3 Å². The van der Waals surface area contributed by atoms with Gasteiger partial charge in [0.1, 0.15) is 5.82 Å². The highest BCUT2D eigenvalue weighted by Crippen LogP contribution is 2.26. The summed E-state index contributed by atoms with van der Waals surface area (Å²) in [5.74, 6) is 0.946. The van der Waals surface area contributed by atoms with Crippen LogP contribution in [0.4, 0.5) is 17.1 Å². The Morgan fingerprint density at radius 1 is 0.842 bits per heavy atom.